The third-order valence-corrected chi connectivity index (χ3v) is 6.20. The molecule has 1 aliphatic rings. The lowest BCUT2D eigenvalue weighted by Crippen LogP contribution is -2.31. The van der Waals surface area contributed by atoms with E-state index in [1.165, 1.54) is 17.0 Å². The van der Waals surface area contributed by atoms with Crippen molar-refractivity contribution in [1.82, 2.24) is 29.1 Å². The Hall–Kier alpha value is -4.38. The van der Waals surface area contributed by atoms with Crippen molar-refractivity contribution in [2.45, 2.75) is 26.7 Å². The Morgan fingerprint density at radius 3 is 2.77 bits per heavy atom. The topological polar surface area (TPSA) is 116 Å². The number of imidazole rings is 1. The number of amides is 1. The van der Waals surface area contributed by atoms with Gasteiger partial charge < -0.3 is 10.5 Å². The number of fused-ring (bicyclic) bond motifs is 4. The summed E-state index contributed by atoms with van der Waals surface area (Å²) in [7, 11) is 1.75. The summed E-state index contributed by atoms with van der Waals surface area (Å²) in [5, 5.41) is 4.19. The first kappa shape index (κ1) is 21.2. The second-order valence-electron chi connectivity index (χ2n) is 8.54. The van der Waals surface area contributed by atoms with Crippen LogP contribution in [0, 0.1) is 12.7 Å². The van der Waals surface area contributed by atoms with Gasteiger partial charge >= 0.3 is 0 Å². The van der Waals surface area contributed by atoms with Gasteiger partial charge in [-0.25, -0.2) is 14.4 Å². The number of hydrogen-bond acceptors (Lipinski definition) is 7. The van der Waals surface area contributed by atoms with Crippen LogP contribution in [0.3, 0.4) is 0 Å². The zero-order chi connectivity index (χ0) is 24.3. The Balaban J connectivity index is 1.47. The van der Waals surface area contributed by atoms with Gasteiger partial charge in [0, 0.05) is 31.1 Å². The molecule has 0 fully saturated rings. The van der Waals surface area contributed by atoms with E-state index in [0.29, 0.717) is 47.0 Å². The predicted molar refractivity (Wildman–Crippen MR) is 126 cm³/mol. The van der Waals surface area contributed by atoms with Crippen molar-refractivity contribution in [3.63, 3.8) is 0 Å². The van der Waals surface area contributed by atoms with E-state index >= 15 is 4.39 Å². The highest BCUT2D eigenvalue weighted by Gasteiger charge is 2.25. The van der Waals surface area contributed by atoms with Crippen LogP contribution in [0.15, 0.2) is 43.0 Å². The molecule has 0 spiro atoms. The molecular formula is C24H21FN8O2. The zero-order valence-electron chi connectivity index (χ0n) is 19.1. The van der Waals surface area contributed by atoms with Crippen LogP contribution in [0.2, 0.25) is 0 Å². The van der Waals surface area contributed by atoms with E-state index in [-0.39, 0.29) is 17.9 Å². The smallest absolute Gasteiger partial charge is 0.261 e. The first-order chi connectivity index (χ1) is 16.9. The molecule has 5 aromatic rings. The van der Waals surface area contributed by atoms with Crippen LogP contribution in [0.4, 0.5) is 15.9 Å². The quantitative estimate of drug-likeness (QED) is 0.427. The van der Waals surface area contributed by atoms with Crippen molar-refractivity contribution >= 4 is 34.0 Å². The fraction of sp³-hybridized carbons (Fsp3) is 0.208. The minimum atomic E-state index is -0.698. The first-order valence-corrected chi connectivity index (χ1v) is 11.0. The van der Waals surface area contributed by atoms with Gasteiger partial charge in [-0.1, -0.05) is 0 Å². The monoisotopic (exact) mass is 472 g/mol. The molecule has 0 radical (unpaired) electrons. The molecule has 0 bridgehead atoms. The van der Waals surface area contributed by atoms with Crippen LogP contribution < -0.4 is 10.6 Å². The van der Waals surface area contributed by atoms with E-state index in [0.717, 1.165) is 11.1 Å². The number of nitrogens with zero attached hydrogens (tertiary/aromatic N) is 7. The number of benzene rings is 1. The Kier molecular flexibility index (Phi) is 4.74. The number of nitrogens with two attached hydrogens (primary N) is 1. The SMILES string of the molecule is Cc1ncc2c(N)nc3cc(F)c(C(=O)N(Cc4cc5c(cn4)COC5)c4cnn(C)c4)cc3n12. The molecule has 0 saturated heterocycles. The number of pyridine rings is 1. The number of hydrogen-bond donors (Lipinski definition) is 1. The van der Waals surface area contributed by atoms with Gasteiger partial charge in [0.2, 0.25) is 0 Å². The molecule has 10 nitrogen and oxygen atoms in total. The van der Waals surface area contributed by atoms with Gasteiger partial charge in [0.25, 0.3) is 5.91 Å². The van der Waals surface area contributed by atoms with Gasteiger partial charge in [-0.3, -0.25) is 23.8 Å². The van der Waals surface area contributed by atoms with Crippen molar-refractivity contribution < 1.29 is 13.9 Å². The number of carbonyl (C=O) groups excluding carboxylic acids is 1. The summed E-state index contributed by atoms with van der Waals surface area (Å²) in [6.07, 6.45) is 6.63. The van der Waals surface area contributed by atoms with Crippen LogP contribution >= 0.6 is 0 Å². The summed E-state index contributed by atoms with van der Waals surface area (Å²) >= 11 is 0. The number of carbonyl (C=O) groups is 1. The van der Waals surface area contributed by atoms with E-state index in [2.05, 4.69) is 20.1 Å². The minimum Gasteiger partial charge on any atom is -0.382 e. The van der Waals surface area contributed by atoms with Crippen molar-refractivity contribution in [2.75, 3.05) is 10.6 Å². The summed E-state index contributed by atoms with van der Waals surface area (Å²) in [5.74, 6) is -0.340. The fourth-order valence-electron chi connectivity index (χ4n) is 4.43. The average molecular weight is 472 g/mol. The molecule has 11 heteroatoms. The maximum Gasteiger partial charge on any atom is 0.261 e. The van der Waals surface area contributed by atoms with Crippen molar-refractivity contribution in [1.29, 1.82) is 0 Å². The highest BCUT2D eigenvalue weighted by molar-refractivity contribution is 6.07. The van der Waals surface area contributed by atoms with E-state index in [1.807, 2.05) is 13.0 Å². The van der Waals surface area contributed by atoms with E-state index < -0.39 is 11.7 Å². The Bertz CT molecular complexity index is 1640. The van der Waals surface area contributed by atoms with Crippen LogP contribution in [0.1, 0.15) is 33.0 Å². The summed E-state index contributed by atoms with van der Waals surface area (Å²) in [6, 6.07) is 4.64. The maximum atomic E-state index is 15.3. The molecule has 2 N–H and O–H groups in total. The second kappa shape index (κ2) is 7.84. The molecule has 6 rings (SSSR count). The largest absolute Gasteiger partial charge is 0.382 e. The zero-order valence-corrected chi connectivity index (χ0v) is 19.1. The van der Waals surface area contributed by atoms with Crippen molar-refractivity contribution in [3.8, 4) is 0 Å². The molecule has 1 amide bonds. The summed E-state index contributed by atoms with van der Waals surface area (Å²) in [6.45, 7) is 2.97. The Labute approximate surface area is 198 Å². The molecule has 1 aromatic carbocycles. The van der Waals surface area contributed by atoms with Gasteiger partial charge in [0.15, 0.2) is 0 Å². The molecule has 1 aliphatic heterocycles. The molecule has 0 unspecified atom stereocenters. The maximum absolute atomic E-state index is 15.3. The number of aryl methyl sites for hydroxylation is 2. The summed E-state index contributed by atoms with van der Waals surface area (Å²) in [5.41, 5.74) is 10.6. The minimum absolute atomic E-state index is 0.105. The van der Waals surface area contributed by atoms with Gasteiger partial charge in [-0.2, -0.15) is 5.10 Å². The van der Waals surface area contributed by atoms with E-state index in [9.17, 15) is 4.79 Å². The highest BCUT2D eigenvalue weighted by Crippen LogP contribution is 2.27. The Morgan fingerprint density at radius 1 is 1.14 bits per heavy atom. The van der Waals surface area contributed by atoms with Crippen LogP contribution in [-0.4, -0.2) is 35.0 Å². The lowest BCUT2D eigenvalue weighted by molar-refractivity contribution is 0.0981. The van der Waals surface area contributed by atoms with Crippen LogP contribution in [0.25, 0.3) is 16.6 Å². The van der Waals surface area contributed by atoms with E-state index in [4.69, 9.17) is 10.5 Å². The lowest BCUT2D eigenvalue weighted by Gasteiger charge is -2.22. The number of nitrogen functional groups attached to an aromatic ring is 1. The lowest BCUT2D eigenvalue weighted by atomic mass is 10.1. The Morgan fingerprint density at radius 2 is 1.97 bits per heavy atom. The molecule has 0 aliphatic carbocycles. The third kappa shape index (κ3) is 3.48. The van der Waals surface area contributed by atoms with Crippen molar-refractivity contribution in [3.05, 3.63) is 77.0 Å². The normalized spacial score (nSPS) is 13.0. The number of rotatable bonds is 4. The van der Waals surface area contributed by atoms with Crippen LogP contribution in [0.5, 0.6) is 0 Å². The van der Waals surface area contributed by atoms with Crippen LogP contribution in [-0.2, 0) is 31.5 Å². The standard InChI is InChI=1S/C24H21FN8O2/c1-13-27-8-22-23(26)30-20-5-19(25)18(4-21(20)33(13)22)24(34)32(17-7-29-31(2)10-17)9-16-3-14-11-35-12-15(14)6-28-16/h3-8,10H,9,11-12H2,1-2H3,(H2,26,30). The number of anilines is 2. The number of halogens is 1. The number of ether oxygens (including phenoxy) is 1. The fourth-order valence-corrected chi connectivity index (χ4v) is 4.43. The van der Waals surface area contributed by atoms with Crippen molar-refractivity contribution in [2.24, 2.45) is 7.05 Å². The molecular weight excluding hydrogens is 451 g/mol. The summed E-state index contributed by atoms with van der Waals surface area (Å²) < 4.78 is 24.2. The molecule has 5 heterocycles. The average Bonchev–Trinajstić information content (AvgIpc) is 3.57. The second-order valence-corrected chi connectivity index (χ2v) is 8.54. The molecule has 4 aromatic heterocycles. The predicted octanol–water partition coefficient (Wildman–Crippen LogP) is 2.92. The third-order valence-electron chi connectivity index (χ3n) is 6.20. The number of aromatic nitrogens is 6. The van der Waals surface area contributed by atoms with E-state index in [1.54, 1.807) is 40.9 Å². The molecule has 0 atom stereocenters. The molecule has 176 valence electrons. The first-order valence-electron chi connectivity index (χ1n) is 11.0. The van der Waals surface area contributed by atoms with Gasteiger partial charge in [-0.05, 0) is 24.6 Å². The van der Waals surface area contributed by atoms with Gasteiger partial charge in [0.1, 0.15) is 23.0 Å². The molecule has 0 saturated carbocycles. The van der Waals surface area contributed by atoms with Gasteiger partial charge in [-0.15, -0.1) is 0 Å². The molecule has 35 heavy (non-hydrogen) atoms. The highest BCUT2D eigenvalue weighted by atomic mass is 19.1. The summed E-state index contributed by atoms with van der Waals surface area (Å²) in [4.78, 5) is 28.4. The van der Waals surface area contributed by atoms with Gasteiger partial charge in [0.05, 0.1) is 60.1 Å².